The van der Waals surface area contributed by atoms with Gasteiger partial charge in [0.25, 0.3) is 0 Å². The van der Waals surface area contributed by atoms with Crippen LogP contribution in [0.2, 0.25) is 0 Å². The van der Waals surface area contributed by atoms with Crippen LogP contribution < -0.4 is 0 Å². The van der Waals surface area contributed by atoms with Gasteiger partial charge in [-0.25, -0.2) is 4.79 Å². The van der Waals surface area contributed by atoms with E-state index in [1.54, 1.807) is 0 Å². The maximum atomic E-state index is 13.4. The summed E-state index contributed by atoms with van der Waals surface area (Å²) in [5.41, 5.74) is -0.266. The molecule has 0 radical (unpaired) electrons. The van der Waals surface area contributed by atoms with Crippen molar-refractivity contribution in [1.82, 2.24) is 0 Å². The van der Waals surface area contributed by atoms with Gasteiger partial charge >= 0.3 is 21.3 Å². The lowest BCUT2D eigenvalue weighted by molar-refractivity contribution is -0.211. The third-order valence-corrected chi connectivity index (χ3v) is 6.59. The van der Waals surface area contributed by atoms with E-state index < -0.39 is 27.4 Å². The number of ether oxygens (including phenoxy) is 1. The van der Waals surface area contributed by atoms with E-state index in [1.807, 2.05) is 0 Å². The molecule has 4 rings (SSSR count). The summed E-state index contributed by atoms with van der Waals surface area (Å²) in [6.07, 6.45) is 2.62. The van der Waals surface area contributed by atoms with Crippen molar-refractivity contribution in [3.8, 4) is 0 Å². The van der Waals surface area contributed by atoms with Gasteiger partial charge in [-0.05, 0) is 54.8 Å². The zero-order chi connectivity index (χ0) is 17.3. The molecule has 0 heterocycles. The third kappa shape index (κ3) is 2.56. The minimum Gasteiger partial charge on any atom is -0.456 e. The molecule has 0 aromatic carbocycles. The van der Waals surface area contributed by atoms with E-state index in [4.69, 9.17) is 9.29 Å². The highest BCUT2D eigenvalue weighted by Crippen LogP contribution is 2.65. The van der Waals surface area contributed by atoms with Crippen LogP contribution in [0.1, 0.15) is 39.0 Å². The topological polar surface area (TPSA) is 101 Å². The number of carbonyl (C=O) groups excluding carboxylic acids is 1. The van der Waals surface area contributed by atoms with Gasteiger partial charge in [-0.15, -0.1) is 0 Å². The summed E-state index contributed by atoms with van der Waals surface area (Å²) in [4.78, 5) is 11.6. The van der Waals surface area contributed by atoms with Crippen molar-refractivity contribution in [3.63, 3.8) is 0 Å². The second kappa shape index (κ2) is 4.86. The molecule has 4 saturated carbocycles. The molecule has 0 aromatic heterocycles. The monoisotopic (exact) mass is 354 g/mol. The van der Waals surface area contributed by atoms with E-state index in [0.717, 1.165) is 6.42 Å². The fourth-order valence-corrected chi connectivity index (χ4v) is 5.67. The molecule has 4 bridgehead atoms. The van der Waals surface area contributed by atoms with Crippen molar-refractivity contribution in [2.24, 2.45) is 22.7 Å². The summed E-state index contributed by atoms with van der Waals surface area (Å²) < 4.78 is 61.5. The predicted octanol–water partition coefficient (Wildman–Crippen LogP) is 1.59. The van der Waals surface area contributed by atoms with Gasteiger partial charge in [0.05, 0.1) is 0 Å². The fourth-order valence-electron chi connectivity index (χ4n) is 5.41. The second-order valence-corrected chi connectivity index (χ2v) is 9.31. The van der Waals surface area contributed by atoms with Crippen molar-refractivity contribution in [2.75, 3.05) is 6.61 Å². The number of carbonyl (C=O) groups is 1. The minimum atomic E-state index is -5.85. The quantitative estimate of drug-likeness (QED) is 0.587. The minimum absolute atomic E-state index is 0.0109. The Morgan fingerprint density at radius 2 is 1.78 bits per heavy atom. The molecule has 0 aliphatic heterocycles. The fraction of sp³-hybridized carbons (Fsp3) is 0.929. The third-order valence-electron chi connectivity index (χ3n) is 5.77. The molecule has 0 amide bonds. The Morgan fingerprint density at radius 3 is 2.22 bits per heavy atom. The molecule has 2 atom stereocenters. The Kier molecular flexibility index (Phi) is 3.60. The lowest BCUT2D eigenvalue weighted by Gasteiger charge is -2.63. The standard InChI is InChI=1S/C14H20F2O6S/c1-12-2-8-4-13(6-12,7-17)5-9(3-12)10(8)22-11(18)14(15,16)23(19,20)21/h8-10,17H,2-7H2,1H3,(H,19,20,21). The maximum Gasteiger partial charge on any atom is 0.465 e. The average Bonchev–Trinajstić information content (AvgIpc) is 2.39. The molecule has 4 fully saturated rings. The van der Waals surface area contributed by atoms with Gasteiger partial charge in [-0.1, -0.05) is 6.92 Å². The first-order valence-electron chi connectivity index (χ1n) is 7.58. The molecule has 23 heavy (non-hydrogen) atoms. The average molecular weight is 354 g/mol. The zero-order valence-corrected chi connectivity index (χ0v) is 13.5. The summed E-state index contributed by atoms with van der Waals surface area (Å²) in [7, 11) is -5.85. The lowest BCUT2D eigenvalue weighted by atomic mass is 9.44. The summed E-state index contributed by atoms with van der Waals surface area (Å²) in [6.45, 7) is 2.10. The molecular weight excluding hydrogens is 334 g/mol. The van der Waals surface area contributed by atoms with Gasteiger partial charge in [-0.2, -0.15) is 17.2 Å². The molecule has 6 nitrogen and oxygen atoms in total. The highest BCUT2D eigenvalue weighted by Gasteiger charge is 2.62. The van der Waals surface area contributed by atoms with E-state index in [-0.39, 0.29) is 29.3 Å². The molecule has 132 valence electrons. The first kappa shape index (κ1) is 17.0. The van der Waals surface area contributed by atoms with Gasteiger partial charge in [0.15, 0.2) is 0 Å². The number of hydrogen-bond acceptors (Lipinski definition) is 5. The molecule has 0 saturated heterocycles. The number of alkyl halides is 2. The Balaban J connectivity index is 1.81. The van der Waals surface area contributed by atoms with E-state index in [1.165, 1.54) is 0 Å². The van der Waals surface area contributed by atoms with Gasteiger partial charge in [0.2, 0.25) is 0 Å². The number of aliphatic hydroxyl groups is 1. The summed E-state index contributed by atoms with van der Waals surface area (Å²) in [5, 5.41) is 4.75. The first-order valence-corrected chi connectivity index (χ1v) is 9.02. The number of esters is 1. The van der Waals surface area contributed by atoms with Gasteiger partial charge in [0, 0.05) is 6.61 Å². The van der Waals surface area contributed by atoms with Gasteiger partial charge in [-0.3, -0.25) is 4.55 Å². The molecule has 2 unspecified atom stereocenters. The Morgan fingerprint density at radius 1 is 1.26 bits per heavy atom. The first-order chi connectivity index (χ1) is 10.4. The largest absolute Gasteiger partial charge is 0.465 e. The molecule has 4 aliphatic carbocycles. The van der Waals surface area contributed by atoms with Crippen LogP contribution >= 0.6 is 0 Å². The van der Waals surface area contributed by atoms with Crippen LogP contribution in [-0.4, -0.2) is 42.0 Å². The van der Waals surface area contributed by atoms with Crippen molar-refractivity contribution in [3.05, 3.63) is 0 Å². The van der Waals surface area contributed by atoms with Crippen LogP contribution in [-0.2, 0) is 19.6 Å². The molecule has 0 aromatic rings. The molecular formula is C14H20F2O6S. The van der Waals surface area contributed by atoms with Gasteiger partial charge < -0.3 is 9.84 Å². The van der Waals surface area contributed by atoms with Crippen molar-refractivity contribution in [1.29, 1.82) is 0 Å². The number of hydrogen-bond donors (Lipinski definition) is 2. The van der Waals surface area contributed by atoms with Crippen molar-refractivity contribution in [2.45, 2.75) is 50.4 Å². The van der Waals surface area contributed by atoms with Crippen LogP contribution in [0.25, 0.3) is 0 Å². The van der Waals surface area contributed by atoms with Crippen molar-refractivity contribution < 1.29 is 36.4 Å². The smallest absolute Gasteiger partial charge is 0.456 e. The molecule has 4 aliphatic rings. The summed E-state index contributed by atoms with van der Waals surface area (Å²) in [5.74, 6) is -2.57. The maximum absolute atomic E-state index is 13.4. The normalized spacial score (nSPS) is 42.7. The Bertz CT molecular complexity index is 615. The Hall–Kier alpha value is -0.800. The highest BCUT2D eigenvalue weighted by atomic mass is 32.2. The van der Waals surface area contributed by atoms with Crippen LogP contribution in [0.15, 0.2) is 0 Å². The van der Waals surface area contributed by atoms with E-state index in [2.05, 4.69) is 6.92 Å². The van der Waals surface area contributed by atoms with Crippen LogP contribution in [0.4, 0.5) is 8.78 Å². The molecule has 0 spiro atoms. The van der Waals surface area contributed by atoms with E-state index in [0.29, 0.717) is 25.7 Å². The lowest BCUT2D eigenvalue weighted by Crippen LogP contribution is -2.60. The van der Waals surface area contributed by atoms with Crippen molar-refractivity contribution >= 4 is 16.1 Å². The van der Waals surface area contributed by atoms with E-state index >= 15 is 0 Å². The summed E-state index contributed by atoms with van der Waals surface area (Å²) in [6, 6.07) is 0. The zero-order valence-electron chi connectivity index (χ0n) is 12.7. The number of aliphatic hydroxyl groups excluding tert-OH is 1. The molecule has 9 heteroatoms. The van der Waals surface area contributed by atoms with E-state index in [9.17, 15) is 27.1 Å². The van der Waals surface area contributed by atoms with Crippen LogP contribution in [0.5, 0.6) is 0 Å². The SMILES string of the molecule is CC12CC3CC(CO)(CC(C1)C3OC(=O)C(F)(F)S(=O)(=O)O)C2. The summed E-state index contributed by atoms with van der Waals surface area (Å²) >= 11 is 0. The van der Waals surface area contributed by atoms with Crippen LogP contribution in [0.3, 0.4) is 0 Å². The number of halogens is 2. The second-order valence-electron chi connectivity index (χ2n) is 7.84. The predicted molar refractivity (Wildman–Crippen MR) is 74.1 cm³/mol. The molecule has 2 N–H and O–H groups in total. The Labute approximate surface area is 132 Å². The van der Waals surface area contributed by atoms with Gasteiger partial charge in [0.1, 0.15) is 6.10 Å². The highest BCUT2D eigenvalue weighted by molar-refractivity contribution is 7.87. The van der Waals surface area contributed by atoms with Crippen LogP contribution in [0, 0.1) is 22.7 Å². The number of rotatable bonds is 4.